The smallest absolute Gasteiger partial charge is 0.394 e. The molecule has 1 heterocycles. The number of ether oxygens (including phenoxy) is 3. The van der Waals surface area contributed by atoms with Gasteiger partial charge >= 0.3 is 6.18 Å². The zero-order valence-electron chi connectivity index (χ0n) is 46.1. The summed E-state index contributed by atoms with van der Waals surface area (Å²) in [4.78, 5) is 13.3. The minimum atomic E-state index is -4.42. The van der Waals surface area contributed by atoms with Crippen LogP contribution in [0.25, 0.3) is 0 Å². The van der Waals surface area contributed by atoms with Gasteiger partial charge in [-0.1, -0.05) is 244 Å². The number of halogens is 3. The standard InChI is InChI=1S/C60H108F3NO9/c1-3-5-7-9-11-13-15-17-18-19-20-21-22-23-24-25-26-27-29-31-33-35-37-41-54(67)64-51(55(68)52(66)40-36-34-32-30-28-16-14-12-10-8-6-4-2)48-72-59-57(70)56(69)58(53(47-65)73-59)71-46-38-39-49-42-44-50(45-43-49)60(61,62)63/h42-45,51-53,55-59,65-66,68-70H,3-41,46-48H2,1-2H3,(H,64,67)/t51-,52+,53+,55-,56+,57+,58-,59-/m0/s1. The highest BCUT2D eigenvalue weighted by Gasteiger charge is 2.46. The van der Waals surface area contributed by atoms with Gasteiger partial charge in [0.15, 0.2) is 6.29 Å². The van der Waals surface area contributed by atoms with Crippen LogP contribution in [0, 0.1) is 0 Å². The first-order chi connectivity index (χ1) is 35.4. The van der Waals surface area contributed by atoms with Gasteiger partial charge in [-0.3, -0.25) is 4.79 Å². The van der Waals surface area contributed by atoms with Crippen molar-refractivity contribution in [3.05, 3.63) is 35.4 Å². The number of carbonyl (C=O) groups is 1. The van der Waals surface area contributed by atoms with Crippen LogP contribution in [-0.4, -0.2) is 100 Å². The van der Waals surface area contributed by atoms with Gasteiger partial charge in [0.25, 0.3) is 0 Å². The topological polar surface area (TPSA) is 158 Å². The lowest BCUT2D eigenvalue weighted by molar-refractivity contribution is -0.309. The molecule has 1 amide bonds. The van der Waals surface area contributed by atoms with Crippen LogP contribution >= 0.6 is 0 Å². The molecule has 428 valence electrons. The Bertz CT molecular complexity index is 1400. The largest absolute Gasteiger partial charge is 0.416 e. The minimum absolute atomic E-state index is 0.0673. The van der Waals surface area contributed by atoms with Crippen molar-refractivity contribution in [1.82, 2.24) is 5.32 Å². The Balaban J connectivity index is 1.74. The number of alkyl halides is 3. The molecule has 0 aliphatic carbocycles. The van der Waals surface area contributed by atoms with Crippen molar-refractivity contribution in [2.75, 3.05) is 19.8 Å². The molecule has 1 fully saturated rings. The van der Waals surface area contributed by atoms with Gasteiger partial charge < -0.3 is 45.1 Å². The lowest BCUT2D eigenvalue weighted by Crippen LogP contribution is -2.61. The fourth-order valence-electron chi connectivity index (χ4n) is 10.2. The zero-order chi connectivity index (χ0) is 53.2. The summed E-state index contributed by atoms with van der Waals surface area (Å²) in [6.07, 6.45) is 31.4. The van der Waals surface area contributed by atoms with Crippen molar-refractivity contribution < 1.29 is 57.7 Å². The molecule has 1 aliphatic heterocycles. The lowest BCUT2D eigenvalue weighted by Gasteiger charge is -2.42. The van der Waals surface area contributed by atoms with Crippen LogP contribution in [0.2, 0.25) is 0 Å². The third-order valence-electron chi connectivity index (χ3n) is 15.0. The second kappa shape index (κ2) is 44.2. The number of rotatable bonds is 49. The number of aliphatic hydroxyl groups excluding tert-OH is 5. The van der Waals surface area contributed by atoms with Gasteiger partial charge in [0.2, 0.25) is 5.91 Å². The SMILES string of the molecule is CCCCCCCCCCCCCCCCCCCCCCCCCC(=O)N[C@@H](CO[C@H]1O[C@H](CO)[C@H](OCCCc2ccc(C(F)(F)F)cc2)[C@H](O)[C@H]1O)[C@H](O)[C@H](O)CCCCCCCCCCCCCC. The third kappa shape index (κ3) is 33.1. The molecule has 0 spiro atoms. The van der Waals surface area contributed by atoms with E-state index in [1.807, 2.05) is 0 Å². The van der Waals surface area contributed by atoms with Gasteiger partial charge in [0.05, 0.1) is 30.9 Å². The molecule has 10 nitrogen and oxygen atoms in total. The number of hydrogen-bond acceptors (Lipinski definition) is 9. The van der Waals surface area contributed by atoms with Crippen molar-refractivity contribution in [2.24, 2.45) is 0 Å². The van der Waals surface area contributed by atoms with E-state index in [-0.39, 0.29) is 25.5 Å². The van der Waals surface area contributed by atoms with Crippen LogP contribution < -0.4 is 5.32 Å². The summed E-state index contributed by atoms with van der Waals surface area (Å²) in [6, 6.07) is 3.81. The van der Waals surface area contributed by atoms with Crippen LogP contribution in [0.15, 0.2) is 24.3 Å². The Labute approximate surface area is 442 Å². The summed E-state index contributed by atoms with van der Waals surface area (Å²) < 4.78 is 56.4. The maximum absolute atomic E-state index is 13.3. The van der Waals surface area contributed by atoms with E-state index in [1.165, 1.54) is 185 Å². The maximum atomic E-state index is 13.3. The molecular formula is C60H108F3NO9. The molecule has 1 aromatic carbocycles. The second-order valence-electron chi connectivity index (χ2n) is 21.6. The molecule has 6 N–H and O–H groups in total. The third-order valence-corrected chi connectivity index (χ3v) is 15.0. The maximum Gasteiger partial charge on any atom is 0.416 e. The zero-order valence-corrected chi connectivity index (χ0v) is 46.1. The Kier molecular flexibility index (Phi) is 40.7. The average Bonchev–Trinajstić information content (AvgIpc) is 3.38. The van der Waals surface area contributed by atoms with E-state index in [1.54, 1.807) is 0 Å². The van der Waals surface area contributed by atoms with Gasteiger partial charge in [-0.25, -0.2) is 0 Å². The molecule has 1 aromatic rings. The van der Waals surface area contributed by atoms with E-state index in [0.29, 0.717) is 31.2 Å². The van der Waals surface area contributed by atoms with E-state index >= 15 is 0 Å². The van der Waals surface area contributed by atoms with Gasteiger partial charge in [0.1, 0.15) is 30.5 Å². The quantitative estimate of drug-likeness (QED) is 0.0350. The number of nitrogens with one attached hydrogen (secondary N) is 1. The van der Waals surface area contributed by atoms with E-state index < -0.39 is 67.3 Å². The summed E-state index contributed by atoms with van der Waals surface area (Å²) >= 11 is 0. The first kappa shape index (κ1) is 67.3. The van der Waals surface area contributed by atoms with Gasteiger partial charge in [-0.2, -0.15) is 13.2 Å². The fraction of sp³-hybridized carbons (Fsp3) is 0.883. The highest BCUT2D eigenvalue weighted by atomic mass is 19.4. The summed E-state index contributed by atoms with van der Waals surface area (Å²) in [5, 5.41) is 57.7. The molecule has 2 rings (SSSR count). The van der Waals surface area contributed by atoms with E-state index in [4.69, 9.17) is 14.2 Å². The van der Waals surface area contributed by atoms with Crippen molar-refractivity contribution in [2.45, 2.75) is 319 Å². The van der Waals surface area contributed by atoms with Crippen LogP contribution in [0.1, 0.15) is 269 Å². The molecule has 0 saturated carbocycles. The number of amides is 1. The second-order valence-corrected chi connectivity index (χ2v) is 21.6. The van der Waals surface area contributed by atoms with Crippen molar-refractivity contribution in [1.29, 1.82) is 0 Å². The number of unbranched alkanes of at least 4 members (excludes halogenated alkanes) is 33. The molecule has 1 saturated heterocycles. The summed E-state index contributed by atoms with van der Waals surface area (Å²) in [6.45, 7) is 3.66. The molecule has 0 unspecified atom stereocenters. The Morgan fingerprint density at radius 1 is 0.589 bits per heavy atom. The molecule has 73 heavy (non-hydrogen) atoms. The van der Waals surface area contributed by atoms with E-state index in [9.17, 15) is 43.5 Å². The predicted molar refractivity (Wildman–Crippen MR) is 289 cm³/mol. The Morgan fingerprint density at radius 2 is 1.00 bits per heavy atom. The van der Waals surface area contributed by atoms with Crippen LogP contribution in [-0.2, 0) is 31.6 Å². The molecule has 8 atom stereocenters. The summed E-state index contributed by atoms with van der Waals surface area (Å²) in [5.74, 6) is -0.281. The molecule has 0 aromatic heterocycles. The van der Waals surface area contributed by atoms with Gasteiger partial charge in [-0.05, 0) is 43.4 Å². The molecule has 13 heteroatoms. The van der Waals surface area contributed by atoms with E-state index in [2.05, 4.69) is 19.2 Å². The van der Waals surface area contributed by atoms with Crippen molar-refractivity contribution in [3.63, 3.8) is 0 Å². The first-order valence-electron chi connectivity index (χ1n) is 30.1. The molecular weight excluding hydrogens is 936 g/mol. The normalized spacial score (nSPS) is 19.6. The fourth-order valence-corrected chi connectivity index (χ4v) is 10.2. The first-order valence-corrected chi connectivity index (χ1v) is 30.1. The number of benzene rings is 1. The number of hydrogen-bond donors (Lipinski definition) is 6. The van der Waals surface area contributed by atoms with Crippen LogP contribution in [0.3, 0.4) is 0 Å². The van der Waals surface area contributed by atoms with E-state index in [0.717, 1.165) is 57.1 Å². The number of carbonyl (C=O) groups excluding carboxylic acids is 1. The molecule has 0 bridgehead atoms. The highest BCUT2D eigenvalue weighted by Crippen LogP contribution is 2.30. The number of aryl methyl sites for hydroxylation is 1. The number of aliphatic hydroxyl groups is 5. The van der Waals surface area contributed by atoms with Crippen molar-refractivity contribution in [3.8, 4) is 0 Å². The summed E-state index contributed by atoms with van der Waals surface area (Å²) in [7, 11) is 0. The lowest BCUT2D eigenvalue weighted by atomic mass is 9.98. The summed E-state index contributed by atoms with van der Waals surface area (Å²) in [5.41, 5.74) is -0.0595. The van der Waals surface area contributed by atoms with Crippen LogP contribution in [0.4, 0.5) is 13.2 Å². The Morgan fingerprint density at radius 3 is 1.41 bits per heavy atom. The minimum Gasteiger partial charge on any atom is -0.394 e. The Hall–Kier alpha value is -1.84. The van der Waals surface area contributed by atoms with Gasteiger partial charge in [-0.15, -0.1) is 0 Å². The molecule has 1 aliphatic rings. The highest BCUT2D eigenvalue weighted by molar-refractivity contribution is 5.76. The van der Waals surface area contributed by atoms with Gasteiger partial charge in [0, 0.05) is 13.0 Å². The van der Waals surface area contributed by atoms with Crippen LogP contribution in [0.5, 0.6) is 0 Å². The average molecular weight is 1040 g/mol. The molecule has 0 radical (unpaired) electrons. The van der Waals surface area contributed by atoms with Crippen molar-refractivity contribution >= 4 is 5.91 Å². The predicted octanol–water partition coefficient (Wildman–Crippen LogP) is 14.2. The monoisotopic (exact) mass is 1040 g/mol.